The van der Waals surface area contributed by atoms with Crippen LogP contribution in [-0.2, 0) is 16.1 Å². The summed E-state index contributed by atoms with van der Waals surface area (Å²) in [5.74, 6) is 1.23. The molecule has 0 bridgehead atoms. The Morgan fingerprint density at radius 1 is 1.48 bits per heavy atom. The maximum absolute atomic E-state index is 11.7. The molecule has 9 nitrogen and oxygen atoms in total. The minimum absolute atomic E-state index is 0.0468. The molecule has 0 fully saturated rings. The third-order valence-electron chi connectivity index (χ3n) is 2.34. The first-order valence-corrected chi connectivity index (χ1v) is 7.23. The van der Waals surface area contributed by atoms with Crippen molar-refractivity contribution in [2.24, 2.45) is 0 Å². The lowest BCUT2D eigenvalue weighted by molar-refractivity contribution is -0.113. The highest BCUT2D eigenvalue weighted by atomic mass is 32.2. The number of amides is 1. The average Bonchev–Trinajstić information content (AvgIpc) is 3.06. The van der Waals surface area contributed by atoms with Crippen molar-refractivity contribution < 1.29 is 13.9 Å². The van der Waals surface area contributed by atoms with Crippen molar-refractivity contribution in [1.82, 2.24) is 25.4 Å². The highest BCUT2D eigenvalue weighted by molar-refractivity contribution is 7.99. The smallest absolute Gasteiger partial charge is 0.322 e. The predicted octanol–water partition coefficient (Wildman–Crippen LogP) is 1.19. The molecule has 0 spiro atoms. The summed E-state index contributed by atoms with van der Waals surface area (Å²) in [5, 5.41) is 17.3. The zero-order valence-corrected chi connectivity index (χ0v) is 12.7. The molecule has 0 aromatic carbocycles. The second-order valence-corrected chi connectivity index (χ2v) is 5.37. The van der Waals surface area contributed by atoms with Crippen LogP contribution in [0, 0.1) is 0 Å². The Morgan fingerprint density at radius 2 is 2.29 bits per heavy atom. The molecular formula is C11H16N6O3S. The van der Waals surface area contributed by atoms with Crippen LogP contribution in [0.4, 0.5) is 6.01 Å². The zero-order valence-electron chi connectivity index (χ0n) is 11.9. The summed E-state index contributed by atoms with van der Waals surface area (Å²) in [7, 11) is 1.52. The van der Waals surface area contributed by atoms with E-state index in [1.165, 1.54) is 18.9 Å². The van der Waals surface area contributed by atoms with Crippen LogP contribution in [-0.4, -0.2) is 44.1 Å². The van der Waals surface area contributed by atoms with E-state index < -0.39 is 0 Å². The van der Waals surface area contributed by atoms with Gasteiger partial charge in [-0.25, -0.2) is 4.98 Å². The van der Waals surface area contributed by atoms with Crippen molar-refractivity contribution in [2.45, 2.75) is 31.5 Å². The summed E-state index contributed by atoms with van der Waals surface area (Å²) in [6.45, 7) is 4.22. The van der Waals surface area contributed by atoms with Gasteiger partial charge < -0.3 is 9.15 Å². The highest BCUT2D eigenvalue weighted by Gasteiger charge is 2.12. The molecule has 0 saturated carbocycles. The van der Waals surface area contributed by atoms with Crippen LogP contribution >= 0.6 is 11.8 Å². The van der Waals surface area contributed by atoms with Crippen molar-refractivity contribution in [3.63, 3.8) is 0 Å². The lowest BCUT2D eigenvalue weighted by atomic mass is 10.2. The molecule has 0 radical (unpaired) electrons. The maximum atomic E-state index is 11.7. The van der Waals surface area contributed by atoms with Gasteiger partial charge in [-0.2, -0.15) is 0 Å². The molecule has 2 heterocycles. The number of anilines is 1. The van der Waals surface area contributed by atoms with Gasteiger partial charge in [0.05, 0.1) is 5.75 Å². The van der Waals surface area contributed by atoms with Crippen LogP contribution in [0.25, 0.3) is 0 Å². The normalized spacial score (nSPS) is 11.0. The molecule has 0 saturated heterocycles. The number of H-pyrrole nitrogens is 1. The van der Waals surface area contributed by atoms with Crippen LogP contribution in [0.2, 0.25) is 0 Å². The summed E-state index contributed by atoms with van der Waals surface area (Å²) >= 11 is 1.22. The summed E-state index contributed by atoms with van der Waals surface area (Å²) in [5.41, 5.74) is 0. The summed E-state index contributed by atoms with van der Waals surface area (Å²) in [4.78, 5) is 16.0. The van der Waals surface area contributed by atoms with Crippen molar-refractivity contribution in [1.29, 1.82) is 0 Å². The second kappa shape index (κ2) is 7.18. The molecule has 2 N–H and O–H groups in total. The number of hydrogen-bond donors (Lipinski definition) is 2. The Morgan fingerprint density at radius 3 is 2.95 bits per heavy atom. The number of aromatic amines is 1. The van der Waals surface area contributed by atoms with Gasteiger partial charge in [0.15, 0.2) is 0 Å². The number of nitrogens with one attached hydrogen (secondary N) is 2. The van der Waals surface area contributed by atoms with Crippen LogP contribution in [0.15, 0.2) is 9.57 Å². The Labute approximate surface area is 125 Å². The molecule has 2 aromatic heterocycles. The van der Waals surface area contributed by atoms with Crippen LogP contribution in [0.5, 0.6) is 0 Å². The van der Waals surface area contributed by atoms with Gasteiger partial charge in [-0.15, -0.1) is 10.2 Å². The number of hydrogen-bond acceptors (Lipinski definition) is 8. The second-order valence-electron chi connectivity index (χ2n) is 4.43. The fraction of sp³-hybridized carbons (Fsp3) is 0.545. The van der Waals surface area contributed by atoms with Gasteiger partial charge in [0, 0.05) is 13.0 Å². The molecule has 0 unspecified atom stereocenters. The lowest BCUT2D eigenvalue weighted by Crippen LogP contribution is -2.14. The topological polar surface area (TPSA) is 119 Å². The van der Waals surface area contributed by atoms with E-state index in [1.807, 2.05) is 13.8 Å². The first-order valence-electron chi connectivity index (χ1n) is 6.24. The number of rotatable bonds is 7. The Kier molecular flexibility index (Phi) is 5.28. The van der Waals surface area contributed by atoms with E-state index in [1.54, 1.807) is 0 Å². The summed E-state index contributed by atoms with van der Waals surface area (Å²) in [6.07, 6.45) is 0. The SMILES string of the molecule is COCc1nnc(NC(=O)CSc2n[nH]c(C(C)C)n2)o1. The molecule has 21 heavy (non-hydrogen) atoms. The van der Waals surface area contributed by atoms with E-state index in [9.17, 15) is 4.79 Å². The number of nitrogens with zero attached hydrogens (tertiary/aromatic N) is 4. The molecular weight excluding hydrogens is 296 g/mol. The van der Waals surface area contributed by atoms with Crippen LogP contribution < -0.4 is 5.32 Å². The van der Waals surface area contributed by atoms with Gasteiger partial charge in [-0.05, 0) is 0 Å². The van der Waals surface area contributed by atoms with E-state index >= 15 is 0 Å². The number of methoxy groups -OCH3 is 1. The third-order valence-corrected chi connectivity index (χ3v) is 3.19. The highest BCUT2D eigenvalue weighted by Crippen LogP contribution is 2.16. The van der Waals surface area contributed by atoms with Gasteiger partial charge in [-0.1, -0.05) is 30.7 Å². The molecule has 2 rings (SSSR count). The molecule has 2 aromatic rings. The molecule has 114 valence electrons. The fourth-order valence-electron chi connectivity index (χ4n) is 1.35. The van der Waals surface area contributed by atoms with E-state index in [0.717, 1.165) is 5.82 Å². The molecule has 0 aliphatic heterocycles. The Balaban J connectivity index is 1.80. The first-order chi connectivity index (χ1) is 10.1. The predicted molar refractivity (Wildman–Crippen MR) is 74.8 cm³/mol. The Bertz CT molecular complexity index is 596. The number of carbonyl (C=O) groups is 1. The Hall–Kier alpha value is -1.94. The van der Waals surface area contributed by atoms with Gasteiger partial charge in [0.25, 0.3) is 0 Å². The molecule has 0 aliphatic carbocycles. The molecule has 0 atom stereocenters. The van der Waals surface area contributed by atoms with Crippen molar-refractivity contribution in [3.05, 3.63) is 11.7 Å². The molecule has 1 amide bonds. The zero-order chi connectivity index (χ0) is 15.2. The van der Waals surface area contributed by atoms with E-state index in [4.69, 9.17) is 9.15 Å². The fourth-order valence-corrected chi connectivity index (χ4v) is 1.96. The summed E-state index contributed by atoms with van der Waals surface area (Å²) < 4.78 is 10.00. The largest absolute Gasteiger partial charge is 0.405 e. The van der Waals surface area contributed by atoms with E-state index in [-0.39, 0.29) is 30.2 Å². The van der Waals surface area contributed by atoms with Crippen molar-refractivity contribution in [2.75, 3.05) is 18.2 Å². The first kappa shape index (κ1) is 15.4. The minimum atomic E-state index is -0.275. The number of thioether (sulfide) groups is 1. The van der Waals surface area contributed by atoms with Crippen LogP contribution in [0.1, 0.15) is 31.5 Å². The van der Waals surface area contributed by atoms with Gasteiger partial charge in [0.1, 0.15) is 12.4 Å². The standard InChI is InChI=1S/C11H16N6O3S/c1-6(2)9-13-11(17-15-9)21-5-7(18)12-10-16-14-8(20-10)4-19-3/h6H,4-5H2,1-3H3,(H,12,16,18)(H,13,15,17). The summed E-state index contributed by atoms with van der Waals surface area (Å²) in [6, 6.07) is 0.0468. The lowest BCUT2D eigenvalue weighted by Gasteiger charge is -1.98. The van der Waals surface area contributed by atoms with Gasteiger partial charge >= 0.3 is 6.01 Å². The third kappa shape index (κ3) is 4.53. The quantitative estimate of drug-likeness (QED) is 0.732. The van der Waals surface area contributed by atoms with Crippen molar-refractivity contribution in [3.8, 4) is 0 Å². The van der Waals surface area contributed by atoms with Gasteiger partial charge in [0.2, 0.25) is 17.0 Å². The monoisotopic (exact) mass is 312 g/mol. The van der Waals surface area contributed by atoms with Gasteiger partial charge in [-0.3, -0.25) is 15.2 Å². The average molecular weight is 312 g/mol. The molecule has 10 heteroatoms. The number of aromatic nitrogens is 5. The number of ether oxygens (including phenoxy) is 1. The van der Waals surface area contributed by atoms with Crippen molar-refractivity contribution >= 4 is 23.7 Å². The minimum Gasteiger partial charge on any atom is -0.405 e. The van der Waals surface area contributed by atoms with E-state index in [0.29, 0.717) is 11.0 Å². The van der Waals surface area contributed by atoms with Crippen LogP contribution in [0.3, 0.4) is 0 Å². The number of carbonyl (C=O) groups excluding carboxylic acids is 1. The van der Waals surface area contributed by atoms with E-state index in [2.05, 4.69) is 30.7 Å². The molecule has 0 aliphatic rings. The maximum Gasteiger partial charge on any atom is 0.322 e.